The van der Waals surface area contributed by atoms with Gasteiger partial charge in [0.05, 0.1) is 0 Å². The summed E-state index contributed by atoms with van der Waals surface area (Å²) in [5.41, 5.74) is -0.0629. The molecule has 0 saturated heterocycles. The SMILES string of the molecule is CCOC(O)C1(C)C2CCCC1(NCCCOC)C2. The van der Waals surface area contributed by atoms with E-state index in [4.69, 9.17) is 9.47 Å². The second kappa shape index (κ2) is 6.08. The first-order chi connectivity index (χ1) is 9.10. The highest BCUT2D eigenvalue weighted by Gasteiger charge is 2.67. The van der Waals surface area contributed by atoms with Gasteiger partial charge in [0, 0.05) is 31.3 Å². The number of hydrogen-bond donors (Lipinski definition) is 2. The standard InChI is InChI=1S/C15H29NO3/c1-4-19-13(17)14(2)12-7-5-8-15(14,11-12)16-9-6-10-18-3/h12-13,16-17H,4-11H2,1-3H3. The summed E-state index contributed by atoms with van der Waals surface area (Å²) in [6.45, 7) is 6.46. The first-order valence-electron chi connectivity index (χ1n) is 7.64. The molecule has 112 valence electrons. The Morgan fingerprint density at radius 3 is 2.89 bits per heavy atom. The third kappa shape index (κ3) is 2.44. The van der Waals surface area contributed by atoms with Crippen molar-refractivity contribution >= 4 is 0 Å². The average molecular weight is 271 g/mol. The molecule has 4 unspecified atom stereocenters. The second-order valence-electron chi connectivity index (χ2n) is 6.24. The fraction of sp³-hybridized carbons (Fsp3) is 1.00. The van der Waals surface area contributed by atoms with Gasteiger partial charge in [-0.05, 0) is 45.1 Å². The van der Waals surface area contributed by atoms with Crippen molar-refractivity contribution in [2.24, 2.45) is 11.3 Å². The van der Waals surface area contributed by atoms with Crippen molar-refractivity contribution in [1.29, 1.82) is 0 Å². The summed E-state index contributed by atoms with van der Waals surface area (Å²) < 4.78 is 10.6. The van der Waals surface area contributed by atoms with Crippen molar-refractivity contribution in [1.82, 2.24) is 5.32 Å². The van der Waals surface area contributed by atoms with E-state index in [0.717, 1.165) is 26.0 Å². The summed E-state index contributed by atoms with van der Waals surface area (Å²) in [5, 5.41) is 14.1. The molecule has 0 spiro atoms. The van der Waals surface area contributed by atoms with Crippen LogP contribution >= 0.6 is 0 Å². The number of methoxy groups -OCH3 is 1. The van der Waals surface area contributed by atoms with Crippen LogP contribution in [0.5, 0.6) is 0 Å². The van der Waals surface area contributed by atoms with Crippen LogP contribution in [0.25, 0.3) is 0 Å². The molecule has 4 heteroatoms. The molecule has 0 aromatic rings. The van der Waals surface area contributed by atoms with Crippen molar-refractivity contribution in [2.45, 2.75) is 57.8 Å². The third-order valence-electron chi connectivity index (χ3n) is 5.46. The lowest BCUT2D eigenvalue weighted by Crippen LogP contribution is -2.75. The molecule has 0 aromatic carbocycles. The van der Waals surface area contributed by atoms with Crippen LogP contribution in [0.1, 0.15) is 46.0 Å². The summed E-state index contributed by atoms with van der Waals surface area (Å²) in [6, 6.07) is 0. The lowest BCUT2D eigenvalue weighted by atomic mass is 9.42. The monoisotopic (exact) mass is 271 g/mol. The van der Waals surface area contributed by atoms with Gasteiger partial charge in [-0.1, -0.05) is 13.3 Å². The molecule has 0 radical (unpaired) electrons. The zero-order chi connectivity index (χ0) is 13.9. The van der Waals surface area contributed by atoms with Crippen LogP contribution in [0, 0.1) is 11.3 Å². The smallest absolute Gasteiger partial charge is 0.161 e. The van der Waals surface area contributed by atoms with E-state index in [0.29, 0.717) is 12.5 Å². The number of aliphatic hydroxyl groups excluding tert-OH is 1. The maximum atomic E-state index is 10.4. The highest BCUT2D eigenvalue weighted by molar-refractivity contribution is 5.19. The highest BCUT2D eigenvalue weighted by atomic mass is 16.6. The Balaban J connectivity index is 2.00. The number of fused-ring (bicyclic) bond motifs is 2. The van der Waals surface area contributed by atoms with Crippen molar-refractivity contribution in [3.8, 4) is 0 Å². The van der Waals surface area contributed by atoms with Crippen molar-refractivity contribution in [3.63, 3.8) is 0 Å². The second-order valence-corrected chi connectivity index (χ2v) is 6.24. The van der Waals surface area contributed by atoms with Crippen molar-refractivity contribution in [2.75, 3.05) is 26.9 Å². The minimum Gasteiger partial charge on any atom is -0.385 e. The molecule has 4 nitrogen and oxygen atoms in total. The van der Waals surface area contributed by atoms with E-state index in [1.165, 1.54) is 19.3 Å². The highest BCUT2D eigenvalue weighted by Crippen LogP contribution is 2.63. The van der Waals surface area contributed by atoms with Gasteiger partial charge in [-0.25, -0.2) is 0 Å². The Hall–Kier alpha value is -0.160. The summed E-state index contributed by atoms with van der Waals surface area (Å²) >= 11 is 0. The number of hydrogen-bond acceptors (Lipinski definition) is 4. The summed E-state index contributed by atoms with van der Waals surface area (Å²) in [7, 11) is 1.74. The van der Waals surface area contributed by atoms with Gasteiger partial charge in [0.15, 0.2) is 6.29 Å². The third-order valence-corrected chi connectivity index (χ3v) is 5.46. The Bertz CT molecular complexity index is 295. The Labute approximate surface area is 116 Å². The van der Waals surface area contributed by atoms with Gasteiger partial charge in [-0.15, -0.1) is 0 Å². The van der Waals surface area contributed by atoms with Crippen molar-refractivity contribution < 1.29 is 14.6 Å². The quantitative estimate of drug-likeness (QED) is 0.523. The summed E-state index contributed by atoms with van der Waals surface area (Å²) in [5.74, 6) is 0.595. The van der Waals surface area contributed by atoms with E-state index in [9.17, 15) is 5.11 Å². The molecule has 3 rings (SSSR count). The van der Waals surface area contributed by atoms with Gasteiger partial charge < -0.3 is 19.9 Å². The topological polar surface area (TPSA) is 50.7 Å². The van der Waals surface area contributed by atoms with Gasteiger partial charge in [-0.3, -0.25) is 0 Å². The van der Waals surface area contributed by atoms with E-state index < -0.39 is 6.29 Å². The molecule has 3 fully saturated rings. The molecule has 4 atom stereocenters. The van der Waals surface area contributed by atoms with Gasteiger partial charge in [-0.2, -0.15) is 0 Å². The van der Waals surface area contributed by atoms with Crippen LogP contribution in [-0.4, -0.2) is 43.8 Å². The van der Waals surface area contributed by atoms with E-state index in [-0.39, 0.29) is 11.0 Å². The van der Waals surface area contributed by atoms with Gasteiger partial charge >= 0.3 is 0 Å². The lowest BCUT2D eigenvalue weighted by molar-refractivity contribution is -0.274. The number of rotatable bonds is 8. The minimum absolute atomic E-state index is 0.0677. The van der Waals surface area contributed by atoms with Gasteiger partial charge in [0.1, 0.15) is 0 Å². The largest absolute Gasteiger partial charge is 0.385 e. The molecular weight excluding hydrogens is 242 g/mol. The van der Waals surface area contributed by atoms with Crippen LogP contribution in [0.4, 0.5) is 0 Å². The minimum atomic E-state index is -0.647. The van der Waals surface area contributed by atoms with E-state index >= 15 is 0 Å². The molecule has 3 aliphatic rings. The molecular formula is C15H29NO3. The molecule has 0 amide bonds. The van der Waals surface area contributed by atoms with Crippen LogP contribution in [0.2, 0.25) is 0 Å². The summed E-state index contributed by atoms with van der Waals surface area (Å²) in [6.07, 6.45) is 5.19. The number of ether oxygens (including phenoxy) is 2. The van der Waals surface area contributed by atoms with Gasteiger partial charge in [0.25, 0.3) is 0 Å². The Morgan fingerprint density at radius 2 is 2.26 bits per heavy atom. The normalized spacial score (nSPS) is 38.8. The Morgan fingerprint density at radius 1 is 1.47 bits per heavy atom. The molecule has 0 aliphatic heterocycles. The average Bonchev–Trinajstić information content (AvgIpc) is 2.43. The molecule has 2 bridgehead atoms. The Kier molecular flexibility index (Phi) is 4.88. The van der Waals surface area contributed by atoms with Crippen LogP contribution in [-0.2, 0) is 9.47 Å². The maximum Gasteiger partial charge on any atom is 0.161 e. The van der Waals surface area contributed by atoms with Gasteiger partial charge in [0.2, 0.25) is 0 Å². The number of nitrogens with one attached hydrogen (secondary N) is 1. The van der Waals surface area contributed by atoms with Crippen LogP contribution in [0.3, 0.4) is 0 Å². The molecule has 3 aliphatic carbocycles. The molecule has 0 aromatic heterocycles. The first kappa shape index (κ1) is 15.2. The van der Waals surface area contributed by atoms with Crippen molar-refractivity contribution in [3.05, 3.63) is 0 Å². The molecule has 3 saturated carbocycles. The van der Waals surface area contributed by atoms with E-state index in [2.05, 4.69) is 12.2 Å². The molecule has 0 heterocycles. The van der Waals surface area contributed by atoms with E-state index in [1.54, 1.807) is 7.11 Å². The zero-order valence-electron chi connectivity index (χ0n) is 12.6. The number of aliphatic hydroxyl groups is 1. The maximum absolute atomic E-state index is 10.4. The lowest BCUT2D eigenvalue weighted by Gasteiger charge is -2.68. The predicted octanol–water partition coefficient (Wildman–Crippen LogP) is 1.92. The van der Waals surface area contributed by atoms with Crippen LogP contribution < -0.4 is 5.32 Å². The molecule has 2 N–H and O–H groups in total. The fourth-order valence-corrected chi connectivity index (χ4v) is 4.20. The molecule has 19 heavy (non-hydrogen) atoms. The predicted molar refractivity (Wildman–Crippen MR) is 74.9 cm³/mol. The summed E-state index contributed by atoms with van der Waals surface area (Å²) in [4.78, 5) is 0. The fourth-order valence-electron chi connectivity index (χ4n) is 4.20. The van der Waals surface area contributed by atoms with E-state index in [1.807, 2.05) is 6.92 Å². The van der Waals surface area contributed by atoms with Crippen LogP contribution in [0.15, 0.2) is 0 Å². The first-order valence-corrected chi connectivity index (χ1v) is 7.64. The zero-order valence-corrected chi connectivity index (χ0v) is 12.6.